The first-order valence-electron chi connectivity index (χ1n) is 11.2. The average Bonchev–Trinajstić information content (AvgIpc) is 2.73. The summed E-state index contributed by atoms with van der Waals surface area (Å²) in [6.07, 6.45) is 8.82. The summed E-state index contributed by atoms with van der Waals surface area (Å²) in [6, 6.07) is 5.96. The summed E-state index contributed by atoms with van der Waals surface area (Å²) >= 11 is 0. The molecule has 0 aliphatic heterocycles. The Balaban J connectivity index is 2.88. The lowest BCUT2D eigenvalue weighted by atomic mass is 10.1. The van der Waals surface area contributed by atoms with Crippen molar-refractivity contribution >= 4 is 27.5 Å². The zero-order valence-electron chi connectivity index (χ0n) is 19.9. The summed E-state index contributed by atoms with van der Waals surface area (Å²) in [7, 11) is -4.01. The van der Waals surface area contributed by atoms with E-state index in [0.717, 1.165) is 47.6 Å². The molecule has 1 aromatic rings. The molecular formula is C24H38N3O5S+. The van der Waals surface area contributed by atoms with E-state index >= 15 is 0 Å². The third-order valence-corrected chi connectivity index (χ3v) is 5.96. The minimum Gasteiger partial charge on any atom is -0.481 e. The topological polar surface area (TPSA) is 133 Å². The number of benzene rings is 1. The Morgan fingerprint density at radius 1 is 1.18 bits per heavy atom. The van der Waals surface area contributed by atoms with Crippen molar-refractivity contribution in [2.24, 2.45) is 5.73 Å². The Morgan fingerprint density at radius 3 is 2.52 bits per heavy atom. The van der Waals surface area contributed by atoms with E-state index in [1.807, 2.05) is 61.8 Å². The summed E-state index contributed by atoms with van der Waals surface area (Å²) < 4.78 is 33.4. The molecule has 0 aliphatic rings. The maximum absolute atomic E-state index is 11.2. The van der Waals surface area contributed by atoms with Crippen LogP contribution < -0.4 is 11.1 Å². The Bertz CT molecular complexity index is 982. The third-order valence-electron chi connectivity index (χ3n) is 5.15. The van der Waals surface area contributed by atoms with Gasteiger partial charge in [0.1, 0.15) is 6.54 Å². The quantitative estimate of drug-likeness (QED) is 0.0992. The monoisotopic (exact) mass is 480 g/mol. The Kier molecular flexibility index (Phi) is 12.6. The Hall–Kier alpha value is -2.49. The van der Waals surface area contributed by atoms with Gasteiger partial charge in [-0.05, 0) is 44.4 Å². The van der Waals surface area contributed by atoms with Gasteiger partial charge in [0.25, 0.3) is 10.1 Å². The molecule has 184 valence electrons. The third kappa shape index (κ3) is 12.4. The van der Waals surface area contributed by atoms with Crippen molar-refractivity contribution in [1.29, 1.82) is 0 Å². The molecule has 33 heavy (non-hydrogen) atoms. The number of aryl methyl sites for hydroxylation is 1. The second kappa shape index (κ2) is 14.6. The fraction of sp³-hybridized carbons (Fsp3) is 0.500. The van der Waals surface area contributed by atoms with Crippen LogP contribution in [0.3, 0.4) is 0 Å². The van der Waals surface area contributed by atoms with Crippen LogP contribution in [0.5, 0.6) is 0 Å². The average molecular weight is 481 g/mol. The van der Waals surface area contributed by atoms with Crippen molar-refractivity contribution in [2.45, 2.75) is 59.4 Å². The van der Waals surface area contributed by atoms with Crippen LogP contribution in [0.15, 0.2) is 42.1 Å². The van der Waals surface area contributed by atoms with E-state index in [1.165, 1.54) is 0 Å². The van der Waals surface area contributed by atoms with Crippen LogP contribution in [0.2, 0.25) is 0 Å². The number of carboxylic acid groups (broad SMARTS) is 1. The normalized spacial score (nSPS) is 13.3. The molecule has 0 atom stereocenters. The van der Waals surface area contributed by atoms with Crippen LogP contribution in [-0.2, 0) is 21.5 Å². The predicted octanol–water partition coefficient (Wildman–Crippen LogP) is 3.53. The van der Waals surface area contributed by atoms with Crippen molar-refractivity contribution in [3.63, 3.8) is 0 Å². The van der Waals surface area contributed by atoms with E-state index in [9.17, 15) is 13.2 Å². The summed E-state index contributed by atoms with van der Waals surface area (Å²) in [4.78, 5) is 10.5. The smallest absolute Gasteiger partial charge is 0.303 e. The van der Waals surface area contributed by atoms with Crippen molar-refractivity contribution in [3.05, 3.63) is 53.3 Å². The number of nitrogens with two attached hydrogens (primary N) is 1. The van der Waals surface area contributed by atoms with E-state index in [2.05, 4.69) is 5.32 Å². The molecule has 0 saturated carbocycles. The number of aliphatic carboxylic acids is 1. The molecular weight excluding hydrogens is 442 g/mol. The van der Waals surface area contributed by atoms with E-state index < -0.39 is 16.1 Å². The molecule has 0 aromatic heterocycles. The summed E-state index contributed by atoms with van der Waals surface area (Å²) in [5.41, 5.74) is 10.7. The number of allylic oxidation sites excluding steroid dienone is 4. The Labute approximate surface area is 197 Å². The second-order valence-corrected chi connectivity index (χ2v) is 9.67. The number of nitrogens with one attached hydrogen (secondary N) is 1. The van der Waals surface area contributed by atoms with Crippen LogP contribution in [0, 0.1) is 6.92 Å². The number of nitrogens with zero attached hydrogens (tertiary/aromatic N) is 1. The largest absolute Gasteiger partial charge is 0.481 e. The van der Waals surface area contributed by atoms with Gasteiger partial charge in [0, 0.05) is 56.3 Å². The molecule has 8 nitrogen and oxygen atoms in total. The lowest BCUT2D eigenvalue weighted by molar-refractivity contribution is -0.440. The molecule has 9 heteroatoms. The predicted molar refractivity (Wildman–Crippen MR) is 133 cm³/mol. The number of hydrogen-bond acceptors (Lipinski definition) is 5. The van der Waals surface area contributed by atoms with Crippen LogP contribution in [0.4, 0.5) is 5.69 Å². The van der Waals surface area contributed by atoms with Crippen molar-refractivity contribution in [2.75, 3.05) is 18.8 Å². The van der Waals surface area contributed by atoms with Gasteiger partial charge in [-0.2, -0.15) is 13.0 Å². The van der Waals surface area contributed by atoms with Crippen molar-refractivity contribution in [3.8, 4) is 0 Å². The summed E-state index contributed by atoms with van der Waals surface area (Å²) in [5, 5.41) is 12.0. The Morgan fingerprint density at radius 2 is 1.91 bits per heavy atom. The minimum atomic E-state index is -4.01. The molecule has 0 radical (unpaired) electrons. The first-order chi connectivity index (χ1) is 15.5. The molecule has 0 saturated heterocycles. The standard InChI is InChI=1S/C24H37N3O5S/c1-19-17-22(18-25)12-13-23(19)27(15-8-16-33(30,31)32)21(3)10-7-9-20(2)26-14-6-4-5-11-24(28)29/h7,9-10,12-13,17H,4-6,8,11,14-16,18,25H2,1-3H3,(H2,28,29,30,31,32)/p+1. The molecule has 5 N–H and O–H groups in total. The fourth-order valence-electron chi connectivity index (χ4n) is 3.38. The highest BCUT2D eigenvalue weighted by Crippen LogP contribution is 2.21. The van der Waals surface area contributed by atoms with Gasteiger partial charge < -0.3 is 16.2 Å². The second-order valence-electron chi connectivity index (χ2n) is 8.10. The lowest BCUT2D eigenvalue weighted by Gasteiger charge is -2.09. The number of rotatable bonds is 15. The first-order valence-corrected chi connectivity index (χ1v) is 12.8. The fourth-order valence-corrected chi connectivity index (χ4v) is 3.88. The summed E-state index contributed by atoms with van der Waals surface area (Å²) in [5.74, 6) is -1.05. The zero-order chi connectivity index (χ0) is 24.9. The molecule has 0 bridgehead atoms. The van der Waals surface area contributed by atoms with Crippen LogP contribution in [0.1, 0.15) is 57.1 Å². The molecule has 0 heterocycles. The lowest BCUT2D eigenvalue weighted by Crippen LogP contribution is -2.18. The number of hydrogen-bond donors (Lipinski definition) is 4. The maximum atomic E-state index is 11.2. The molecule has 0 unspecified atom stereocenters. The van der Waals surface area contributed by atoms with Crippen LogP contribution in [-0.4, -0.2) is 53.2 Å². The summed E-state index contributed by atoms with van der Waals surface area (Å²) in [6.45, 7) is 7.59. The van der Waals surface area contributed by atoms with Gasteiger partial charge in [-0.3, -0.25) is 9.35 Å². The van der Waals surface area contributed by atoms with Gasteiger partial charge in [-0.15, -0.1) is 0 Å². The van der Waals surface area contributed by atoms with Gasteiger partial charge in [0.05, 0.1) is 5.75 Å². The first kappa shape index (κ1) is 28.5. The highest BCUT2D eigenvalue weighted by Gasteiger charge is 2.17. The molecule has 1 rings (SSSR count). The molecule has 1 aromatic carbocycles. The molecule has 0 spiro atoms. The maximum Gasteiger partial charge on any atom is 0.303 e. The highest BCUT2D eigenvalue weighted by molar-refractivity contribution is 7.85. The highest BCUT2D eigenvalue weighted by atomic mass is 32.2. The van der Waals surface area contributed by atoms with Gasteiger partial charge in [0.15, 0.2) is 5.71 Å². The molecule has 0 amide bonds. The van der Waals surface area contributed by atoms with Crippen molar-refractivity contribution in [1.82, 2.24) is 5.32 Å². The van der Waals surface area contributed by atoms with E-state index in [1.54, 1.807) is 0 Å². The minimum absolute atomic E-state index is 0.210. The number of unbranched alkanes of at least 4 members (excludes halogenated alkanes) is 2. The van der Waals surface area contributed by atoms with E-state index in [-0.39, 0.29) is 12.2 Å². The molecule has 0 fully saturated rings. The van der Waals surface area contributed by atoms with Gasteiger partial charge in [-0.25, -0.2) is 0 Å². The molecule has 0 aliphatic carbocycles. The van der Waals surface area contributed by atoms with Crippen LogP contribution in [0.25, 0.3) is 0 Å². The van der Waals surface area contributed by atoms with Gasteiger partial charge in [0.2, 0.25) is 5.69 Å². The number of carbonyl (C=O) groups is 1. The van der Waals surface area contributed by atoms with Gasteiger partial charge in [-0.1, -0.05) is 18.6 Å². The van der Waals surface area contributed by atoms with Gasteiger partial charge >= 0.3 is 5.97 Å². The number of carboxylic acids is 1. The SMILES string of the molecule is CC(/C=C/C=C(\C)NCCCCCC(=O)O)=[N+](CCCS(=O)(=O)O)c1ccc(CN)cc1C. The van der Waals surface area contributed by atoms with E-state index in [0.29, 0.717) is 25.9 Å². The zero-order valence-corrected chi connectivity index (χ0v) is 20.7. The van der Waals surface area contributed by atoms with E-state index in [4.69, 9.17) is 15.4 Å². The van der Waals surface area contributed by atoms with Crippen molar-refractivity contribution < 1.29 is 27.4 Å². The van der Waals surface area contributed by atoms with Crippen LogP contribution >= 0.6 is 0 Å².